The molecule has 2 N–H and O–H groups in total. The molecule has 0 saturated carbocycles. The Bertz CT molecular complexity index is 649. The van der Waals surface area contributed by atoms with Crippen LogP contribution in [0.4, 0.5) is 5.69 Å². The van der Waals surface area contributed by atoms with Crippen LogP contribution in [0, 0.1) is 45.6 Å². The topological polar surface area (TPSA) is 86.8 Å². The zero-order chi connectivity index (χ0) is 19.0. The van der Waals surface area contributed by atoms with Gasteiger partial charge in [-0.1, -0.05) is 28.8 Å². The van der Waals surface area contributed by atoms with E-state index in [2.05, 4.69) is 43.5 Å². The maximum absolute atomic E-state index is 8.87. The van der Waals surface area contributed by atoms with Crippen LogP contribution < -0.4 is 10.4 Å². The number of benzene rings is 1. The molecular weight excluding hydrogens is 306 g/mol. The Balaban J connectivity index is -0.0000000952. The molecule has 1 aromatic rings. The molecule has 6 nitrogen and oxygen atoms in total. The summed E-state index contributed by atoms with van der Waals surface area (Å²) in [4.78, 5) is 9.49. The van der Waals surface area contributed by atoms with E-state index in [9.17, 15) is 0 Å². The maximum Gasteiger partial charge on any atom is 0.655 e. The van der Waals surface area contributed by atoms with Crippen LogP contribution in [0.5, 0.6) is 0 Å². The summed E-state index contributed by atoms with van der Waals surface area (Å²) in [5.74, 6) is 15.5. The molecule has 1 rings (SSSR count). The van der Waals surface area contributed by atoms with Gasteiger partial charge in [0.1, 0.15) is 0 Å². The van der Waals surface area contributed by atoms with Gasteiger partial charge in [0, 0.05) is 24.1 Å². The highest BCUT2D eigenvalue weighted by molar-refractivity contribution is 6.58. The van der Waals surface area contributed by atoms with Gasteiger partial charge >= 0.3 is 15.1 Å². The van der Waals surface area contributed by atoms with Crippen LogP contribution >= 0.6 is 0 Å². The first-order valence-electron chi connectivity index (χ1n) is 6.62. The standard InChI is InChI=1S/C8H12BNO2.C8H6.BNO2.3H2/c1-10(2)8-5-3-4-7(6-8)9(11)12;1-3-5-7-8-6-4-2;1-2(3)4;;;/h3-6,11-12H,1-2H3;1-2H3;;3*1H. The number of hydrogen-bond donors (Lipinski definition) is 2. The molecule has 128 valence electrons. The van der Waals surface area contributed by atoms with Crippen molar-refractivity contribution in [2.45, 2.75) is 13.8 Å². The Morgan fingerprint density at radius 2 is 1.62 bits per heavy atom. The summed E-state index contributed by atoms with van der Waals surface area (Å²) >= 11 is 0. The van der Waals surface area contributed by atoms with Gasteiger partial charge in [0.2, 0.25) is 0 Å². The molecule has 0 unspecified atom stereocenters. The number of rotatable bonds is 2. The molecule has 0 fully saturated rings. The van der Waals surface area contributed by atoms with Gasteiger partial charge in [-0.2, -0.15) is 0 Å². The van der Waals surface area contributed by atoms with Gasteiger partial charge in [0.25, 0.3) is 0 Å². The molecular formula is C16H24B2N2O4. The lowest BCUT2D eigenvalue weighted by Gasteiger charge is -2.13. The molecule has 0 amide bonds. The van der Waals surface area contributed by atoms with Crippen molar-refractivity contribution >= 4 is 26.2 Å². The van der Waals surface area contributed by atoms with Crippen LogP contribution in [-0.4, -0.2) is 44.1 Å². The van der Waals surface area contributed by atoms with Crippen molar-refractivity contribution in [1.82, 2.24) is 0 Å². The monoisotopic (exact) mass is 330 g/mol. The minimum absolute atomic E-state index is 0. The van der Waals surface area contributed by atoms with E-state index in [4.69, 9.17) is 20.2 Å². The van der Waals surface area contributed by atoms with Crippen LogP contribution in [-0.2, 0) is 0 Å². The second-order valence-corrected chi connectivity index (χ2v) is 4.15. The maximum atomic E-state index is 8.87. The summed E-state index contributed by atoms with van der Waals surface area (Å²) in [6.45, 7) is 3.49. The van der Waals surface area contributed by atoms with E-state index in [1.807, 2.05) is 25.1 Å². The molecule has 0 bridgehead atoms. The SMILES string of the molecule is CC#CC#CC#CC.CN(C)c1cccc(B(O)O)c1.[B][N+](=O)[O-].[HH].[HH].[HH]. The molecule has 8 heteroatoms. The quantitative estimate of drug-likeness (QED) is 0.358. The van der Waals surface area contributed by atoms with Crippen LogP contribution in [0.2, 0.25) is 0 Å². The lowest BCUT2D eigenvalue weighted by atomic mass is 9.80. The summed E-state index contributed by atoms with van der Waals surface area (Å²) < 4.78 is 0. The van der Waals surface area contributed by atoms with Crippen molar-refractivity contribution in [3.8, 4) is 35.5 Å². The van der Waals surface area contributed by atoms with Gasteiger partial charge in [-0.25, -0.2) is 0 Å². The molecule has 0 heterocycles. The minimum atomic E-state index is -1.38. The predicted octanol–water partition coefficient (Wildman–Crippen LogP) is 0.553. The van der Waals surface area contributed by atoms with Crippen LogP contribution in [0.1, 0.15) is 18.1 Å². The molecule has 0 aliphatic rings. The fraction of sp³-hybridized carbons (Fsp3) is 0.250. The zero-order valence-electron chi connectivity index (χ0n) is 14.1. The van der Waals surface area contributed by atoms with Gasteiger partial charge in [0.15, 0.2) is 0 Å². The van der Waals surface area contributed by atoms with E-state index in [1.54, 1.807) is 32.0 Å². The third-order valence-corrected chi connectivity index (χ3v) is 2.12. The lowest BCUT2D eigenvalue weighted by Crippen LogP contribution is -2.30. The summed E-state index contributed by atoms with van der Waals surface area (Å²) in [5, 5.41) is 26.3. The molecule has 0 aromatic heterocycles. The summed E-state index contributed by atoms with van der Waals surface area (Å²) in [7, 11) is 6.26. The van der Waals surface area contributed by atoms with E-state index < -0.39 is 12.0 Å². The van der Waals surface area contributed by atoms with Gasteiger partial charge in [-0.15, -0.1) is 0 Å². The Morgan fingerprint density at radius 1 is 1.17 bits per heavy atom. The molecule has 1 aromatic carbocycles. The first-order chi connectivity index (χ1) is 11.3. The highest BCUT2D eigenvalue weighted by Crippen LogP contribution is 2.06. The number of anilines is 1. The van der Waals surface area contributed by atoms with Crippen molar-refractivity contribution in [2.75, 3.05) is 19.0 Å². The molecule has 0 aliphatic carbocycles. The number of nitro groups is 1. The van der Waals surface area contributed by atoms with Gasteiger partial charge < -0.3 is 14.9 Å². The Hall–Kier alpha value is -2.85. The van der Waals surface area contributed by atoms with E-state index in [0.29, 0.717) is 5.46 Å². The minimum Gasteiger partial charge on any atom is -0.423 e. The Morgan fingerprint density at radius 3 is 1.96 bits per heavy atom. The van der Waals surface area contributed by atoms with Gasteiger partial charge in [-0.3, -0.25) is 10.1 Å². The van der Waals surface area contributed by atoms with E-state index in [1.165, 1.54) is 0 Å². The summed E-state index contributed by atoms with van der Waals surface area (Å²) in [5.41, 5.74) is 1.47. The number of hydrogen-bond acceptors (Lipinski definition) is 5. The van der Waals surface area contributed by atoms with Crippen molar-refractivity contribution in [3.05, 3.63) is 34.4 Å². The average molecular weight is 330 g/mol. The molecule has 0 spiro atoms. The third-order valence-electron chi connectivity index (χ3n) is 2.12. The van der Waals surface area contributed by atoms with E-state index >= 15 is 0 Å². The van der Waals surface area contributed by atoms with Crippen LogP contribution in [0.15, 0.2) is 24.3 Å². The van der Waals surface area contributed by atoms with Crippen molar-refractivity contribution in [3.63, 3.8) is 0 Å². The molecule has 0 aliphatic heterocycles. The number of nitrogens with zero attached hydrogens (tertiary/aromatic N) is 2. The fourth-order valence-corrected chi connectivity index (χ4v) is 1.15. The first kappa shape index (κ1) is 23.4. The first-order valence-corrected chi connectivity index (χ1v) is 6.62. The fourth-order valence-electron chi connectivity index (χ4n) is 1.15. The highest BCUT2D eigenvalue weighted by atomic mass is 16.6. The normalized spacial score (nSPS) is 7.08. The smallest absolute Gasteiger partial charge is 0.423 e. The highest BCUT2D eigenvalue weighted by Gasteiger charge is 2.10. The molecule has 24 heavy (non-hydrogen) atoms. The van der Waals surface area contributed by atoms with Crippen molar-refractivity contribution < 1.29 is 19.2 Å². The second kappa shape index (κ2) is 15.1. The van der Waals surface area contributed by atoms with E-state index in [0.717, 1.165) is 5.69 Å². The largest absolute Gasteiger partial charge is 0.655 e. The van der Waals surface area contributed by atoms with Gasteiger partial charge in [0.05, 0.1) is 0 Å². The Kier molecular flexibility index (Phi) is 14.7. The van der Waals surface area contributed by atoms with Crippen LogP contribution in [0.3, 0.4) is 0 Å². The lowest BCUT2D eigenvalue weighted by molar-refractivity contribution is -0.312. The zero-order valence-corrected chi connectivity index (χ0v) is 14.1. The molecule has 2 radical (unpaired) electrons. The summed E-state index contributed by atoms with van der Waals surface area (Å²) in [6, 6.07) is 7.12. The van der Waals surface area contributed by atoms with Crippen molar-refractivity contribution in [2.24, 2.45) is 0 Å². The predicted molar refractivity (Wildman–Crippen MR) is 104 cm³/mol. The molecule has 0 saturated heterocycles. The van der Waals surface area contributed by atoms with Crippen molar-refractivity contribution in [1.29, 1.82) is 0 Å². The average Bonchev–Trinajstić information content (AvgIpc) is 2.52. The third kappa shape index (κ3) is 15.5. The van der Waals surface area contributed by atoms with Gasteiger partial charge in [-0.05, 0) is 55.1 Å². The second-order valence-electron chi connectivity index (χ2n) is 4.15. The Labute approximate surface area is 149 Å². The molecule has 0 atom stereocenters. The summed E-state index contributed by atoms with van der Waals surface area (Å²) in [6.07, 6.45) is 0. The van der Waals surface area contributed by atoms with E-state index in [-0.39, 0.29) is 4.28 Å². The van der Waals surface area contributed by atoms with Crippen LogP contribution in [0.25, 0.3) is 0 Å².